The summed E-state index contributed by atoms with van der Waals surface area (Å²) in [5.74, 6) is -0.653. The molecule has 0 aliphatic heterocycles. The summed E-state index contributed by atoms with van der Waals surface area (Å²) in [4.78, 5) is 24.9. The Morgan fingerprint density at radius 2 is 2.10 bits per heavy atom. The first-order chi connectivity index (χ1) is 9.65. The van der Waals surface area contributed by atoms with Crippen LogP contribution in [-0.2, 0) is 17.6 Å². The van der Waals surface area contributed by atoms with Gasteiger partial charge in [-0.2, -0.15) is 0 Å². The molecule has 4 nitrogen and oxygen atoms in total. The highest BCUT2D eigenvalue weighted by molar-refractivity contribution is 7.10. The molecule has 1 fully saturated rings. The van der Waals surface area contributed by atoms with Gasteiger partial charge in [0, 0.05) is 10.3 Å². The van der Waals surface area contributed by atoms with Gasteiger partial charge in [0.2, 0.25) is 0 Å². The van der Waals surface area contributed by atoms with Crippen molar-refractivity contribution >= 4 is 23.2 Å². The summed E-state index contributed by atoms with van der Waals surface area (Å²) < 4.78 is 0. The van der Waals surface area contributed by atoms with Crippen molar-refractivity contribution in [3.8, 4) is 0 Å². The van der Waals surface area contributed by atoms with Crippen LogP contribution in [0.5, 0.6) is 0 Å². The maximum absolute atomic E-state index is 12.3. The van der Waals surface area contributed by atoms with Crippen molar-refractivity contribution in [2.45, 2.75) is 51.0 Å². The van der Waals surface area contributed by atoms with E-state index in [-0.39, 0.29) is 5.91 Å². The second-order valence-electron chi connectivity index (χ2n) is 5.80. The van der Waals surface area contributed by atoms with Gasteiger partial charge < -0.3 is 10.4 Å². The summed E-state index contributed by atoms with van der Waals surface area (Å²) in [5.41, 5.74) is 1.85. The number of fused-ring (bicyclic) bond motifs is 1. The van der Waals surface area contributed by atoms with Crippen LogP contribution >= 0.6 is 11.3 Å². The molecule has 1 atom stereocenters. The van der Waals surface area contributed by atoms with E-state index in [1.54, 1.807) is 11.3 Å². The molecule has 108 valence electrons. The molecule has 0 saturated heterocycles. The number of amides is 1. The second-order valence-corrected chi connectivity index (χ2v) is 6.77. The van der Waals surface area contributed by atoms with Crippen LogP contribution < -0.4 is 5.32 Å². The number of carbonyl (C=O) groups excluding carboxylic acids is 1. The number of carboxylic acids is 1. The van der Waals surface area contributed by atoms with E-state index in [1.807, 2.05) is 5.38 Å². The van der Waals surface area contributed by atoms with Gasteiger partial charge in [-0.05, 0) is 43.6 Å². The molecule has 1 aromatic rings. The fourth-order valence-electron chi connectivity index (χ4n) is 2.83. The summed E-state index contributed by atoms with van der Waals surface area (Å²) in [7, 11) is 0. The van der Waals surface area contributed by atoms with Gasteiger partial charge in [0.15, 0.2) is 0 Å². The number of hydrogen-bond donors (Lipinski definition) is 2. The molecule has 2 aliphatic rings. The van der Waals surface area contributed by atoms with Crippen LogP contribution in [0.25, 0.3) is 0 Å². The smallest absolute Gasteiger partial charge is 0.326 e. The summed E-state index contributed by atoms with van der Waals surface area (Å²) in [6, 6.07) is -0.742. The Morgan fingerprint density at radius 3 is 2.80 bits per heavy atom. The molecule has 0 spiro atoms. The fraction of sp³-hybridized carbons (Fsp3) is 0.600. The molecule has 2 N–H and O–H groups in total. The van der Waals surface area contributed by atoms with Gasteiger partial charge in [0.05, 0.1) is 5.56 Å². The Kier molecular flexibility index (Phi) is 3.78. The Hall–Kier alpha value is -1.36. The van der Waals surface area contributed by atoms with Crippen LogP contribution in [-0.4, -0.2) is 23.0 Å². The lowest BCUT2D eigenvalue weighted by atomic mass is 9.95. The van der Waals surface area contributed by atoms with Crippen LogP contribution in [0.15, 0.2) is 5.38 Å². The van der Waals surface area contributed by atoms with Crippen LogP contribution in [0.3, 0.4) is 0 Å². The lowest BCUT2D eigenvalue weighted by Crippen LogP contribution is -2.41. The maximum atomic E-state index is 12.3. The van der Waals surface area contributed by atoms with Crippen LogP contribution in [0.4, 0.5) is 0 Å². The third-order valence-corrected chi connectivity index (χ3v) is 5.26. The number of rotatable bonds is 5. The standard InChI is InChI=1S/C15H19NO3S/c17-14(16-12(15(18)19)7-9-5-6-9)11-8-20-13-4-2-1-3-10(11)13/h8-9,12H,1-7H2,(H,16,17)(H,18,19). The number of nitrogens with one attached hydrogen (secondary N) is 1. The molecule has 3 rings (SSSR count). The van der Waals surface area contributed by atoms with Gasteiger partial charge in [0.25, 0.3) is 5.91 Å². The molecule has 1 aromatic heterocycles. The minimum Gasteiger partial charge on any atom is -0.480 e. The van der Waals surface area contributed by atoms with Crippen LogP contribution in [0, 0.1) is 5.92 Å². The highest BCUT2D eigenvalue weighted by Crippen LogP contribution is 2.34. The quantitative estimate of drug-likeness (QED) is 0.877. The largest absolute Gasteiger partial charge is 0.480 e. The van der Waals surface area contributed by atoms with Crippen molar-refractivity contribution in [3.05, 3.63) is 21.4 Å². The number of carbonyl (C=O) groups is 2. The molecule has 1 unspecified atom stereocenters. The Morgan fingerprint density at radius 1 is 1.35 bits per heavy atom. The van der Waals surface area contributed by atoms with Gasteiger partial charge in [-0.1, -0.05) is 12.8 Å². The summed E-state index contributed by atoms with van der Waals surface area (Å²) in [6.45, 7) is 0. The zero-order chi connectivity index (χ0) is 14.1. The van der Waals surface area contributed by atoms with Crippen molar-refractivity contribution in [2.75, 3.05) is 0 Å². The maximum Gasteiger partial charge on any atom is 0.326 e. The van der Waals surface area contributed by atoms with Crippen LogP contribution in [0.1, 0.15) is 52.9 Å². The zero-order valence-electron chi connectivity index (χ0n) is 11.4. The third-order valence-electron chi connectivity index (χ3n) is 4.18. The first-order valence-electron chi connectivity index (χ1n) is 7.28. The predicted octanol–water partition coefficient (Wildman–Crippen LogP) is 2.61. The van der Waals surface area contributed by atoms with E-state index in [4.69, 9.17) is 0 Å². The molecule has 1 amide bonds. The number of carboxylic acid groups (broad SMARTS) is 1. The Labute approximate surface area is 122 Å². The lowest BCUT2D eigenvalue weighted by Gasteiger charge is -2.16. The first-order valence-corrected chi connectivity index (χ1v) is 8.16. The predicted molar refractivity (Wildman–Crippen MR) is 77.2 cm³/mol. The molecule has 0 radical (unpaired) electrons. The van der Waals surface area contributed by atoms with E-state index in [0.717, 1.165) is 37.7 Å². The molecule has 0 aromatic carbocycles. The molecule has 1 heterocycles. The van der Waals surface area contributed by atoms with Gasteiger partial charge >= 0.3 is 5.97 Å². The first kappa shape index (κ1) is 13.6. The van der Waals surface area contributed by atoms with Gasteiger partial charge in [-0.3, -0.25) is 4.79 Å². The Bertz CT molecular complexity index is 533. The van der Waals surface area contributed by atoms with Crippen molar-refractivity contribution in [1.29, 1.82) is 0 Å². The van der Waals surface area contributed by atoms with E-state index in [0.29, 0.717) is 17.9 Å². The normalized spacial score (nSPS) is 19.2. The van der Waals surface area contributed by atoms with E-state index in [2.05, 4.69) is 5.32 Å². The van der Waals surface area contributed by atoms with Crippen molar-refractivity contribution < 1.29 is 14.7 Å². The highest BCUT2D eigenvalue weighted by atomic mass is 32.1. The topological polar surface area (TPSA) is 66.4 Å². The van der Waals surface area contributed by atoms with Gasteiger partial charge in [-0.25, -0.2) is 4.79 Å². The minimum atomic E-state index is -0.922. The summed E-state index contributed by atoms with van der Waals surface area (Å²) in [5, 5.41) is 13.8. The molecule has 20 heavy (non-hydrogen) atoms. The average Bonchev–Trinajstić information content (AvgIpc) is 3.14. The Balaban J connectivity index is 1.71. The minimum absolute atomic E-state index is 0.211. The zero-order valence-corrected chi connectivity index (χ0v) is 12.2. The average molecular weight is 293 g/mol. The van der Waals surface area contributed by atoms with E-state index < -0.39 is 12.0 Å². The number of hydrogen-bond acceptors (Lipinski definition) is 3. The number of aryl methyl sites for hydroxylation is 1. The number of thiophene rings is 1. The second kappa shape index (κ2) is 5.56. The summed E-state index contributed by atoms with van der Waals surface area (Å²) in [6.07, 6.45) is 7.05. The fourth-order valence-corrected chi connectivity index (χ4v) is 3.95. The molecular weight excluding hydrogens is 274 g/mol. The number of aliphatic carboxylic acids is 1. The van der Waals surface area contributed by atoms with Crippen molar-refractivity contribution in [3.63, 3.8) is 0 Å². The van der Waals surface area contributed by atoms with Gasteiger partial charge in [0.1, 0.15) is 6.04 Å². The third kappa shape index (κ3) is 2.87. The molecule has 0 bridgehead atoms. The highest BCUT2D eigenvalue weighted by Gasteiger charge is 2.31. The molecule has 2 aliphatic carbocycles. The SMILES string of the molecule is O=C(NC(CC1CC1)C(=O)O)c1csc2c1CCCC2. The van der Waals surface area contributed by atoms with Crippen molar-refractivity contribution in [1.82, 2.24) is 5.32 Å². The van der Waals surface area contributed by atoms with Gasteiger partial charge in [-0.15, -0.1) is 11.3 Å². The van der Waals surface area contributed by atoms with Crippen LogP contribution in [0.2, 0.25) is 0 Å². The monoisotopic (exact) mass is 293 g/mol. The molecule has 1 saturated carbocycles. The molecular formula is C15H19NO3S. The van der Waals surface area contributed by atoms with E-state index >= 15 is 0 Å². The van der Waals surface area contributed by atoms with E-state index in [9.17, 15) is 14.7 Å². The van der Waals surface area contributed by atoms with Crippen molar-refractivity contribution in [2.24, 2.45) is 5.92 Å². The molecule has 5 heteroatoms. The lowest BCUT2D eigenvalue weighted by molar-refractivity contribution is -0.139. The van der Waals surface area contributed by atoms with E-state index in [1.165, 1.54) is 11.3 Å². The summed E-state index contributed by atoms with van der Waals surface area (Å²) >= 11 is 1.63.